The fourth-order valence-corrected chi connectivity index (χ4v) is 2.87. The van der Waals surface area contributed by atoms with Gasteiger partial charge in [-0.25, -0.2) is 0 Å². The normalized spacial score (nSPS) is 10.7. The Kier molecular flexibility index (Phi) is 4.70. The van der Waals surface area contributed by atoms with Gasteiger partial charge in [-0.2, -0.15) is 5.10 Å². The van der Waals surface area contributed by atoms with Crippen molar-refractivity contribution in [2.24, 2.45) is 0 Å². The third-order valence-electron chi connectivity index (χ3n) is 4.35. The van der Waals surface area contributed by atoms with E-state index in [0.717, 1.165) is 22.6 Å². The molecule has 1 heterocycles. The summed E-state index contributed by atoms with van der Waals surface area (Å²) in [6.45, 7) is 8.65. The van der Waals surface area contributed by atoms with Gasteiger partial charge in [0.2, 0.25) is 0 Å². The molecule has 0 aliphatic heterocycles. The van der Waals surface area contributed by atoms with Crippen molar-refractivity contribution < 1.29 is 4.79 Å². The maximum Gasteiger partial charge on any atom is 0.255 e. The van der Waals surface area contributed by atoms with Gasteiger partial charge in [0.15, 0.2) is 0 Å². The number of rotatable bonds is 4. The highest BCUT2D eigenvalue weighted by molar-refractivity contribution is 6.04. The first-order chi connectivity index (χ1) is 11.9. The fourth-order valence-electron chi connectivity index (χ4n) is 2.87. The van der Waals surface area contributed by atoms with Crippen molar-refractivity contribution in [3.63, 3.8) is 0 Å². The van der Waals surface area contributed by atoms with E-state index in [1.54, 1.807) is 0 Å². The van der Waals surface area contributed by atoms with Crippen LogP contribution in [0.2, 0.25) is 0 Å². The van der Waals surface area contributed by atoms with Crippen LogP contribution in [0, 0.1) is 27.7 Å². The molecule has 128 valence electrons. The molecule has 0 radical (unpaired) electrons. The molecule has 2 aromatic carbocycles. The maximum atomic E-state index is 12.5. The summed E-state index contributed by atoms with van der Waals surface area (Å²) in [5, 5.41) is 7.61. The van der Waals surface area contributed by atoms with Crippen molar-refractivity contribution in [3.8, 4) is 0 Å². The van der Waals surface area contributed by atoms with Crippen molar-refractivity contribution in [1.29, 1.82) is 0 Å². The maximum absolute atomic E-state index is 12.5. The summed E-state index contributed by atoms with van der Waals surface area (Å²) in [6, 6.07) is 16.0. The van der Waals surface area contributed by atoms with Crippen LogP contribution in [0.1, 0.15) is 38.4 Å². The van der Waals surface area contributed by atoms with Crippen LogP contribution in [-0.2, 0) is 6.54 Å². The van der Waals surface area contributed by atoms with Crippen molar-refractivity contribution in [1.82, 2.24) is 9.78 Å². The zero-order chi connectivity index (χ0) is 18.0. The number of aromatic nitrogens is 2. The third kappa shape index (κ3) is 3.79. The van der Waals surface area contributed by atoms with E-state index in [0.29, 0.717) is 12.1 Å². The Morgan fingerprint density at radius 3 is 2.40 bits per heavy atom. The van der Waals surface area contributed by atoms with Crippen LogP contribution < -0.4 is 5.32 Å². The lowest BCUT2D eigenvalue weighted by molar-refractivity contribution is 0.102. The summed E-state index contributed by atoms with van der Waals surface area (Å²) in [5.74, 6) is -0.107. The number of aryl methyl sites for hydroxylation is 3. The van der Waals surface area contributed by atoms with Crippen molar-refractivity contribution >= 4 is 11.6 Å². The van der Waals surface area contributed by atoms with Gasteiger partial charge in [0, 0.05) is 5.56 Å². The standard InChI is InChI=1S/C21H23N3O/c1-14-8-10-18(11-9-14)13-24-17(4)20(16(3)23-24)22-21(25)19-7-5-6-15(2)12-19/h5-12H,13H2,1-4H3,(H,22,25). The lowest BCUT2D eigenvalue weighted by Crippen LogP contribution is -2.13. The van der Waals surface area contributed by atoms with E-state index in [1.165, 1.54) is 11.1 Å². The van der Waals surface area contributed by atoms with E-state index in [9.17, 15) is 4.79 Å². The second-order valence-electron chi connectivity index (χ2n) is 6.51. The molecule has 0 bridgehead atoms. The van der Waals surface area contributed by atoms with Gasteiger partial charge >= 0.3 is 0 Å². The number of hydrogen-bond donors (Lipinski definition) is 1. The molecule has 4 nitrogen and oxygen atoms in total. The smallest absolute Gasteiger partial charge is 0.255 e. The number of nitrogens with zero attached hydrogens (tertiary/aromatic N) is 2. The zero-order valence-corrected chi connectivity index (χ0v) is 15.1. The molecule has 1 amide bonds. The van der Waals surface area contributed by atoms with E-state index in [2.05, 4.69) is 41.6 Å². The van der Waals surface area contributed by atoms with Gasteiger partial charge in [-0.05, 0) is 45.4 Å². The Balaban J connectivity index is 1.82. The number of carbonyl (C=O) groups excluding carboxylic acids is 1. The van der Waals surface area contributed by atoms with Crippen molar-refractivity contribution in [2.45, 2.75) is 34.2 Å². The molecule has 25 heavy (non-hydrogen) atoms. The molecule has 1 N–H and O–H groups in total. The lowest BCUT2D eigenvalue weighted by Gasteiger charge is -2.08. The summed E-state index contributed by atoms with van der Waals surface area (Å²) < 4.78 is 1.94. The quantitative estimate of drug-likeness (QED) is 0.768. The molecule has 0 fully saturated rings. The van der Waals surface area contributed by atoms with E-state index in [-0.39, 0.29) is 5.91 Å². The minimum atomic E-state index is -0.107. The fraction of sp³-hybridized carbons (Fsp3) is 0.238. The van der Waals surface area contributed by atoms with Crippen molar-refractivity contribution in [3.05, 3.63) is 82.2 Å². The van der Waals surface area contributed by atoms with E-state index in [1.807, 2.05) is 49.7 Å². The minimum Gasteiger partial charge on any atom is -0.319 e. The van der Waals surface area contributed by atoms with E-state index >= 15 is 0 Å². The van der Waals surface area contributed by atoms with Gasteiger partial charge in [0.25, 0.3) is 5.91 Å². The molecular weight excluding hydrogens is 310 g/mol. The largest absolute Gasteiger partial charge is 0.319 e. The second-order valence-corrected chi connectivity index (χ2v) is 6.51. The predicted octanol–water partition coefficient (Wildman–Crippen LogP) is 4.42. The zero-order valence-electron chi connectivity index (χ0n) is 15.1. The highest BCUT2D eigenvalue weighted by Crippen LogP contribution is 2.21. The molecular formula is C21H23N3O. The Morgan fingerprint density at radius 2 is 1.72 bits per heavy atom. The molecule has 0 unspecified atom stereocenters. The van der Waals surface area contributed by atoms with Gasteiger partial charge in [0.05, 0.1) is 23.6 Å². The van der Waals surface area contributed by atoms with E-state index < -0.39 is 0 Å². The Hall–Kier alpha value is -2.88. The van der Waals surface area contributed by atoms with Gasteiger partial charge < -0.3 is 5.32 Å². The van der Waals surface area contributed by atoms with Gasteiger partial charge in [-0.1, -0.05) is 47.5 Å². The van der Waals surface area contributed by atoms with Crippen molar-refractivity contribution in [2.75, 3.05) is 5.32 Å². The Labute approximate surface area is 148 Å². The molecule has 0 saturated carbocycles. The first-order valence-corrected chi connectivity index (χ1v) is 8.41. The number of nitrogens with one attached hydrogen (secondary N) is 1. The van der Waals surface area contributed by atoms with Crippen LogP contribution in [-0.4, -0.2) is 15.7 Å². The third-order valence-corrected chi connectivity index (χ3v) is 4.35. The number of benzene rings is 2. The summed E-state index contributed by atoms with van der Waals surface area (Å²) in [6.07, 6.45) is 0. The van der Waals surface area contributed by atoms with Crippen LogP contribution >= 0.6 is 0 Å². The molecule has 0 saturated heterocycles. The van der Waals surface area contributed by atoms with Crippen LogP contribution in [0.4, 0.5) is 5.69 Å². The highest BCUT2D eigenvalue weighted by Gasteiger charge is 2.15. The summed E-state index contributed by atoms with van der Waals surface area (Å²) >= 11 is 0. The summed E-state index contributed by atoms with van der Waals surface area (Å²) in [5.41, 5.74) is 6.72. The minimum absolute atomic E-state index is 0.107. The van der Waals surface area contributed by atoms with Gasteiger partial charge in [-0.3, -0.25) is 9.48 Å². The lowest BCUT2D eigenvalue weighted by atomic mass is 10.1. The van der Waals surface area contributed by atoms with Crippen LogP contribution in [0.5, 0.6) is 0 Å². The molecule has 0 atom stereocenters. The van der Waals surface area contributed by atoms with Gasteiger partial charge in [-0.15, -0.1) is 0 Å². The second kappa shape index (κ2) is 6.93. The first kappa shape index (κ1) is 17.0. The van der Waals surface area contributed by atoms with Gasteiger partial charge in [0.1, 0.15) is 0 Å². The molecule has 0 aliphatic carbocycles. The molecule has 4 heteroatoms. The SMILES string of the molecule is Cc1ccc(Cn2nc(C)c(NC(=O)c3cccc(C)c3)c2C)cc1. The number of carbonyl (C=O) groups is 1. The highest BCUT2D eigenvalue weighted by atomic mass is 16.1. The topological polar surface area (TPSA) is 46.9 Å². The summed E-state index contributed by atoms with van der Waals surface area (Å²) in [7, 11) is 0. The Bertz CT molecular complexity index is 907. The number of anilines is 1. The van der Waals surface area contributed by atoms with Crippen LogP contribution in [0.15, 0.2) is 48.5 Å². The molecule has 0 aliphatic rings. The molecule has 0 spiro atoms. The summed E-state index contributed by atoms with van der Waals surface area (Å²) in [4.78, 5) is 12.5. The predicted molar refractivity (Wildman–Crippen MR) is 101 cm³/mol. The number of hydrogen-bond acceptors (Lipinski definition) is 2. The molecule has 1 aromatic heterocycles. The number of amides is 1. The van der Waals surface area contributed by atoms with E-state index in [4.69, 9.17) is 0 Å². The van der Waals surface area contributed by atoms with Crippen LogP contribution in [0.3, 0.4) is 0 Å². The average molecular weight is 333 g/mol. The first-order valence-electron chi connectivity index (χ1n) is 8.41. The molecule has 3 aromatic rings. The van der Waals surface area contributed by atoms with Crippen LogP contribution in [0.25, 0.3) is 0 Å². The molecule has 3 rings (SSSR count). The average Bonchev–Trinajstić information content (AvgIpc) is 2.84. The monoisotopic (exact) mass is 333 g/mol. The Morgan fingerprint density at radius 1 is 1.00 bits per heavy atom.